The van der Waals surface area contributed by atoms with E-state index in [0.717, 1.165) is 18.6 Å². The van der Waals surface area contributed by atoms with Crippen molar-refractivity contribution < 1.29 is 22.1 Å². The van der Waals surface area contributed by atoms with E-state index in [1.54, 1.807) is 0 Å². The average Bonchev–Trinajstić information content (AvgIpc) is 2.87. The number of halogens is 4. The van der Waals surface area contributed by atoms with Crippen molar-refractivity contribution in [2.75, 3.05) is 0 Å². The Morgan fingerprint density at radius 1 is 1.24 bits per heavy atom. The zero-order chi connectivity index (χ0) is 15.6. The Kier molecular flexibility index (Phi) is 4.32. The van der Waals surface area contributed by atoms with Gasteiger partial charge in [-0.05, 0) is 24.6 Å². The summed E-state index contributed by atoms with van der Waals surface area (Å²) in [6, 6.07) is 3.30. The largest absolute Gasteiger partial charge is 0.416 e. The lowest BCUT2D eigenvalue weighted by molar-refractivity contribution is -0.137. The topological polar surface area (TPSA) is 52.0 Å². The van der Waals surface area contributed by atoms with Gasteiger partial charge in [-0.1, -0.05) is 18.5 Å². The number of nitrogens with zero attached hydrogens (tertiary/aromatic N) is 1. The highest BCUT2D eigenvalue weighted by molar-refractivity contribution is 5.60. The van der Waals surface area contributed by atoms with Crippen LogP contribution in [-0.2, 0) is 6.18 Å². The lowest BCUT2D eigenvalue weighted by Crippen LogP contribution is -2.08. The number of rotatable bonds is 4. The maximum atomic E-state index is 13.3. The fourth-order valence-corrected chi connectivity index (χ4v) is 1.95. The average molecular weight is 302 g/mol. The second kappa shape index (κ2) is 5.85. The van der Waals surface area contributed by atoms with Gasteiger partial charge in [0.15, 0.2) is 5.76 Å². The van der Waals surface area contributed by atoms with E-state index in [0.29, 0.717) is 18.2 Å². The fraction of sp³-hybridized carbons (Fsp3) is 0.357. The van der Waals surface area contributed by atoms with Crippen molar-refractivity contribution in [3.05, 3.63) is 41.4 Å². The quantitative estimate of drug-likeness (QED) is 0.857. The minimum absolute atomic E-state index is 0.000948. The Bertz CT molecular complexity index is 622. The van der Waals surface area contributed by atoms with E-state index in [4.69, 9.17) is 10.3 Å². The molecule has 0 aliphatic heterocycles. The SMILES string of the molecule is CCCC(N)c1cc(-c2cc(F)cc(C(F)(F)F)c2)no1. The minimum atomic E-state index is -4.62. The smallest absolute Gasteiger partial charge is 0.359 e. The second-order valence-corrected chi connectivity index (χ2v) is 4.74. The molecule has 0 spiro atoms. The molecule has 1 aromatic carbocycles. The van der Waals surface area contributed by atoms with Crippen molar-refractivity contribution >= 4 is 0 Å². The molecule has 0 aliphatic carbocycles. The first kappa shape index (κ1) is 15.5. The summed E-state index contributed by atoms with van der Waals surface area (Å²) in [5.74, 6) is -0.619. The Hall–Kier alpha value is -1.89. The first-order chi connectivity index (χ1) is 9.81. The maximum Gasteiger partial charge on any atom is 0.416 e. The Morgan fingerprint density at radius 2 is 1.95 bits per heavy atom. The zero-order valence-corrected chi connectivity index (χ0v) is 11.2. The minimum Gasteiger partial charge on any atom is -0.359 e. The third-order valence-corrected chi connectivity index (χ3v) is 3.01. The molecular formula is C14H14F4N2O. The van der Waals surface area contributed by atoms with Crippen molar-refractivity contribution in [1.82, 2.24) is 5.16 Å². The van der Waals surface area contributed by atoms with Gasteiger partial charge in [-0.15, -0.1) is 0 Å². The van der Waals surface area contributed by atoms with Crippen LogP contribution in [0.25, 0.3) is 11.3 Å². The van der Waals surface area contributed by atoms with Crippen molar-refractivity contribution in [2.24, 2.45) is 5.73 Å². The van der Waals surface area contributed by atoms with Crippen LogP contribution in [0, 0.1) is 5.82 Å². The Morgan fingerprint density at radius 3 is 2.57 bits per heavy atom. The summed E-state index contributed by atoms with van der Waals surface area (Å²) in [5, 5.41) is 3.67. The highest BCUT2D eigenvalue weighted by atomic mass is 19.4. The number of hydrogen-bond donors (Lipinski definition) is 1. The van der Waals surface area contributed by atoms with Gasteiger partial charge in [0.2, 0.25) is 0 Å². The van der Waals surface area contributed by atoms with Crippen molar-refractivity contribution in [3.8, 4) is 11.3 Å². The van der Waals surface area contributed by atoms with Crippen LogP contribution in [0.5, 0.6) is 0 Å². The molecular weight excluding hydrogens is 288 g/mol. The van der Waals surface area contributed by atoms with Crippen LogP contribution in [-0.4, -0.2) is 5.16 Å². The Labute approximate surface area is 118 Å². The predicted molar refractivity (Wildman–Crippen MR) is 68.7 cm³/mol. The molecule has 1 atom stereocenters. The normalized spacial score (nSPS) is 13.4. The van der Waals surface area contributed by atoms with E-state index in [1.807, 2.05) is 6.92 Å². The van der Waals surface area contributed by atoms with Gasteiger partial charge < -0.3 is 10.3 Å². The van der Waals surface area contributed by atoms with E-state index in [9.17, 15) is 17.6 Å². The summed E-state index contributed by atoms with van der Waals surface area (Å²) in [5.41, 5.74) is 4.90. The second-order valence-electron chi connectivity index (χ2n) is 4.74. The van der Waals surface area contributed by atoms with Gasteiger partial charge in [0.1, 0.15) is 11.5 Å². The third-order valence-electron chi connectivity index (χ3n) is 3.01. The zero-order valence-electron chi connectivity index (χ0n) is 11.2. The van der Waals surface area contributed by atoms with E-state index in [2.05, 4.69) is 5.16 Å². The third kappa shape index (κ3) is 3.60. The van der Waals surface area contributed by atoms with Gasteiger partial charge >= 0.3 is 6.18 Å². The molecule has 1 unspecified atom stereocenters. The Balaban J connectivity index is 2.36. The fourth-order valence-electron chi connectivity index (χ4n) is 1.95. The molecule has 0 aliphatic rings. The van der Waals surface area contributed by atoms with E-state index >= 15 is 0 Å². The monoisotopic (exact) mass is 302 g/mol. The first-order valence-electron chi connectivity index (χ1n) is 6.41. The molecule has 0 saturated carbocycles. The maximum absolute atomic E-state index is 13.3. The highest BCUT2D eigenvalue weighted by Gasteiger charge is 2.31. The van der Waals surface area contributed by atoms with Gasteiger partial charge in [-0.2, -0.15) is 13.2 Å². The van der Waals surface area contributed by atoms with Crippen LogP contribution in [0.3, 0.4) is 0 Å². The molecule has 2 N–H and O–H groups in total. The lowest BCUT2D eigenvalue weighted by Gasteiger charge is -2.08. The molecule has 1 aromatic heterocycles. The van der Waals surface area contributed by atoms with Gasteiger partial charge in [0.05, 0.1) is 11.6 Å². The number of alkyl halides is 3. The number of benzene rings is 1. The number of hydrogen-bond acceptors (Lipinski definition) is 3. The molecule has 21 heavy (non-hydrogen) atoms. The van der Waals surface area contributed by atoms with Crippen LogP contribution in [0.4, 0.5) is 17.6 Å². The van der Waals surface area contributed by atoms with Gasteiger partial charge in [-0.25, -0.2) is 4.39 Å². The molecule has 0 radical (unpaired) electrons. The van der Waals surface area contributed by atoms with Gasteiger partial charge in [0.25, 0.3) is 0 Å². The number of nitrogens with two attached hydrogens (primary N) is 1. The molecule has 0 saturated heterocycles. The van der Waals surface area contributed by atoms with E-state index in [1.165, 1.54) is 6.07 Å². The van der Waals surface area contributed by atoms with E-state index < -0.39 is 17.6 Å². The molecule has 0 bridgehead atoms. The van der Waals surface area contributed by atoms with E-state index in [-0.39, 0.29) is 17.3 Å². The predicted octanol–water partition coefficient (Wildman–Crippen LogP) is 4.30. The van der Waals surface area contributed by atoms with Crippen molar-refractivity contribution in [2.45, 2.75) is 32.0 Å². The summed E-state index contributed by atoms with van der Waals surface area (Å²) >= 11 is 0. The van der Waals surface area contributed by atoms with Crippen molar-refractivity contribution in [1.29, 1.82) is 0 Å². The van der Waals surface area contributed by atoms with Crippen LogP contribution in [0.1, 0.15) is 37.1 Å². The summed E-state index contributed by atoms with van der Waals surface area (Å²) in [6.07, 6.45) is -3.14. The molecule has 2 aromatic rings. The molecule has 2 rings (SSSR count). The summed E-state index contributed by atoms with van der Waals surface area (Å²) in [7, 11) is 0. The van der Waals surface area contributed by atoms with Crippen LogP contribution < -0.4 is 5.73 Å². The molecule has 0 amide bonds. The standard InChI is InChI=1S/C14H14F4N2O/c1-2-3-11(19)13-7-12(20-21-13)8-4-9(14(16,17)18)6-10(15)5-8/h4-7,11H,2-3,19H2,1H3. The van der Waals surface area contributed by atoms with Crippen molar-refractivity contribution in [3.63, 3.8) is 0 Å². The van der Waals surface area contributed by atoms with Crippen LogP contribution in [0.2, 0.25) is 0 Å². The lowest BCUT2D eigenvalue weighted by atomic mass is 10.1. The van der Waals surface area contributed by atoms with Gasteiger partial charge in [-0.3, -0.25) is 0 Å². The molecule has 7 heteroatoms. The summed E-state index contributed by atoms with van der Waals surface area (Å²) in [6.45, 7) is 1.94. The molecule has 1 heterocycles. The van der Waals surface area contributed by atoms with Gasteiger partial charge in [0, 0.05) is 11.6 Å². The molecule has 114 valence electrons. The summed E-state index contributed by atoms with van der Waals surface area (Å²) in [4.78, 5) is 0. The molecule has 3 nitrogen and oxygen atoms in total. The number of aromatic nitrogens is 1. The van der Waals surface area contributed by atoms with Crippen LogP contribution >= 0.6 is 0 Å². The van der Waals surface area contributed by atoms with Crippen LogP contribution in [0.15, 0.2) is 28.8 Å². The molecule has 0 fully saturated rings. The highest BCUT2D eigenvalue weighted by Crippen LogP contribution is 2.33. The first-order valence-corrected chi connectivity index (χ1v) is 6.41. The summed E-state index contributed by atoms with van der Waals surface area (Å²) < 4.78 is 56.4.